The molecule has 0 fully saturated rings. The molecule has 5 heteroatoms. The molecule has 4 nitrogen and oxygen atoms in total. The second-order valence-corrected chi connectivity index (χ2v) is 37.7. The number of fused-ring (bicyclic) bond motifs is 12. The maximum absolute atomic E-state index is 6.78. The molecule has 4 heterocycles. The van der Waals surface area contributed by atoms with E-state index < -0.39 is 0 Å². The van der Waals surface area contributed by atoms with Crippen molar-refractivity contribution >= 4 is 101 Å². The van der Waals surface area contributed by atoms with Gasteiger partial charge in [-0.15, -0.1) is 0 Å². The minimum absolute atomic E-state index is 0.0469. The van der Waals surface area contributed by atoms with Gasteiger partial charge in [-0.1, -0.05) is 319 Å². The first-order valence-corrected chi connectivity index (χ1v) is 39.6. The van der Waals surface area contributed by atoms with E-state index in [2.05, 4.69) is 400 Å². The molecule has 109 heavy (non-hydrogen) atoms. The predicted octanol–water partition coefficient (Wildman–Crippen LogP) is 26.6. The van der Waals surface area contributed by atoms with Crippen LogP contribution in [-0.4, -0.2) is 11.3 Å². The molecule has 15 aromatic rings. The van der Waals surface area contributed by atoms with Crippen molar-refractivity contribution < 1.29 is 4.42 Å². The van der Waals surface area contributed by atoms with E-state index >= 15 is 0 Å². The Kier molecular flexibility index (Phi) is 15.9. The molecule has 3 aliphatic rings. The van der Waals surface area contributed by atoms with E-state index in [9.17, 15) is 0 Å². The van der Waals surface area contributed by atoms with Gasteiger partial charge in [-0.25, -0.2) is 0 Å². The molecule has 0 unspecified atom stereocenters. The number of para-hydroxylation sites is 3. The van der Waals surface area contributed by atoms with Crippen LogP contribution in [0.1, 0.15) is 192 Å². The Balaban J connectivity index is 1.06. The lowest BCUT2D eigenvalue weighted by Crippen LogP contribution is -2.61. The minimum atomic E-state index is -0.364. The first kappa shape index (κ1) is 69.8. The molecule has 2 aliphatic heterocycles. The van der Waals surface area contributed by atoms with E-state index in [0.717, 1.165) is 56.5 Å². The molecule has 0 radical (unpaired) electrons. The maximum Gasteiger partial charge on any atom is 0.252 e. The fraction of sp³-hybridized carbons (Fsp3) is 0.250. The van der Waals surface area contributed by atoms with Gasteiger partial charge in [0.25, 0.3) is 6.71 Å². The zero-order chi connectivity index (χ0) is 75.9. The van der Waals surface area contributed by atoms with Gasteiger partial charge < -0.3 is 18.8 Å². The molecule has 1 aliphatic carbocycles. The SMILES string of the molecule is CC(C)(C)c1ccc(-c2cc(C(C)(C)C)cc(C(C)(C)C)c2N2c3ccc(-c4cccc5oc6ccccc6c45)cc3B3c4ccc(-n5c6ccccc6c6ccccc65)cc4N(c4c(-c5ccc(C(C)(C)C)cc5)cc(C(C)(C)C)cc4C(C)(C)C)c4cc(C5c6ccccc6Cc6ccccc65)cc2c43)cc1. The van der Waals surface area contributed by atoms with Gasteiger partial charge in [0.05, 0.1) is 22.4 Å². The normalized spacial score (nSPS) is 14.0. The Bertz CT molecular complexity index is 6110. The highest BCUT2D eigenvalue weighted by molar-refractivity contribution is 7.00. The summed E-state index contributed by atoms with van der Waals surface area (Å²) in [7, 11) is 0. The molecule has 0 amide bonds. The fourth-order valence-electron chi connectivity index (χ4n) is 18.4. The van der Waals surface area contributed by atoms with Crippen molar-refractivity contribution in [2.75, 3.05) is 9.80 Å². The van der Waals surface area contributed by atoms with Crippen LogP contribution >= 0.6 is 0 Å². The Morgan fingerprint density at radius 3 is 1.30 bits per heavy atom. The van der Waals surface area contributed by atoms with Crippen LogP contribution < -0.4 is 26.2 Å². The van der Waals surface area contributed by atoms with E-state index in [1.54, 1.807) is 0 Å². The lowest BCUT2D eigenvalue weighted by Gasteiger charge is -2.47. The van der Waals surface area contributed by atoms with Gasteiger partial charge in [0.15, 0.2) is 0 Å². The number of furan rings is 1. The van der Waals surface area contributed by atoms with Gasteiger partial charge in [-0.05, 0) is 205 Å². The molecule has 13 aromatic carbocycles. The summed E-state index contributed by atoms with van der Waals surface area (Å²) in [4.78, 5) is 5.61. The Labute approximate surface area is 646 Å². The highest BCUT2D eigenvalue weighted by Gasteiger charge is 2.48. The zero-order valence-electron chi connectivity index (χ0n) is 66.9. The second kappa shape index (κ2) is 24.8. The van der Waals surface area contributed by atoms with Crippen LogP contribution in [0.15, 0.2) is 265 Å². The summed E-state index contributed by atoms with van der Waals surface area (Å²) in [6.45, 7) is 42.7. The molecular weight excluding hydrogens is 1320 g/mol. The molecule has 18 rings (SSSR count). The van der Waals surface area contributed by atoms with Crippen molar-refractivity contribution in [2.24, 2.45) is 0 Å². The van der Waals surface area contributed by atoms with Crippen LogP contribution in [-0.2, 0) is 38.9 Å². The second-order valence-electron chi connectivity index (χ2n) is 37.7. The van der Waals surface area contributed by atoms with E-state index in [4.69, 9.17) is 4.42 Å². The van der Waals surface area contributed by atoms with Gasteiger partial charge in [0.1, 0.15) is 11.2 Å². The van der Waals surface area contributed by atoms with Crippen molar-refractivity contribution in [3.8, 4) is 39.1 Å². The maximum atomic E-state index is 6.78. The molecule has 2 aromatic heterocycles. The predicted molar refractivity (Wildman–Crippen MR) is 467 cm³/mol. The third-order valence-corrected chi connectivity index (χ3v) is 24.2. The number of hydrogen-bond acceptors (Lipinski definition) is 3. The lowest BCUT2D eigenvalue weighted by molar-refractivity contribution is 0.569. The zero-order valence-corrected chi connectivity index (χ0v) is 66.9. The molecular formula is C104H100BN3O. The summed E-state index contributed by atoms with van der Waals surface area (Å²) in [5, 5.41) is 4.71. The molecule has 0 spiro atoms. The molecule has 540 valence electrons. The van der Waals surface area contributed by atoms with Crippen LogP contribution in [0.4, 0.5) is 34.1 Å². The van der Waals surface area contributed by atoms with Crippen LogP contribution in [0.5, 0.6) is 0 Å². The van der Waals surface area contributed by atoms with Gasteiger partial charge in [-0.3, -0.25) is 0 Å². The number of benzene rings is 13. The van der Waals surface area contributed by atoms with Crippen molar-refractivity contribution in [2.45, 2.75) is 169 Å². The van der Waals surface area contributed by atoms with Crippen LogP contribution in [0.25, 0.3) is 82.8 Å². The van der Waals surface area contributed by atoms with Gasteiger partial charge in [-0.2, -0.15) is 0 Å². The molecule has 0 N–H and O–H groups in total. The Morgan fingerprint density at radius 2 is 0.789 bits per heavy atom. The van der Waals surface area contributed by atoms with Crippen LogP contribution in [0, 0.1) is 0 Å². The first-order valence-electron chi connectivity index (χ1n) is 39.6. The average molecular weight is 1420 g/mol. The van der Waals surface area contributed by atoms with Gasteiger partial charge >= 0.3 is 0 Å². The number of aromatic nitrogens is 1. The summed E-state index contributed by atoms with van der Waals surface area (Å²) < 4.78 is 9.31. The largest absolute Gasteiger partial charge is 0.456 e. The lowest BCUT2D eigenvalue weighted by atomic mass is 9.33. The van der Waals surface area contributed by atoms with Crippen LogP contribution in [0.2, 0.25) is 0 Å². The van der Waals surface area contributed by atoms with Crippen molar-refractivity contribution in [3.05, 3.63) is 322 Å². The Hall–Kier alpha value is -10.9. The first-order chi connectivity index (χ1) is 51.9. The number of nitrogens with zero attached hydrogens (tertiary/aromatic N) is 3. The minimum Gasteiger partial charge on any atom is -0.456 e. The highest BCUT2D eigenvalue weighted by atomic mass is 16.3. The Morgan fingerprint density at radius 1 is 0.330 bits per heavy atom. The van der Waals surface area contributed by atoms with Gasteiger partial charge in [0.2, 0.25) is 0 Å². The van der Waals surface area contributed by atoms with E-state index in [1.807, 2.05) is 0 Å². The summed E-state index contributed by atoms with van der Waals surface area (Å²) in [6.07, 6.45) is 0.872. The summed E-state index contributed by atoms with van der Waals surface area (Å²) in [5.41, 5.74) is 36.5. The van der Waals surface area contributed by atoms with E-state index in [0.29, 0.717) is 0 Å². The van der Waals surface area contributed by atoms with Crippen molar-refractivity contribution in [3.63, 3.8) is 0 Å². The van der Waals surface area contributed by atoms with E-state index in [1.165, 1.54) is 144 Å². The third-order valence-electron chi connectivity index (χ3n) is 24.2. The highest BCUT2D eigenvalue weighted by Crippen LogP contribution is 2.57. The third kappa shape index (κ3) is 11.5. The smallest absolute Gasteiger partial charge is 0.252 e. The van der Waals surface area contributed by atoms with Crippen LogP contribution in [0.3, 0.4) is 0 Å². The van der Waals surface area contributed by atoms with Crippen molar-refractivity contribution in [1.29, 1.82) is 0 Å². The molecule has 0 saturated carbocycles. The molecule has 0 saturated heterocycles. The van der Waals surface area contributed by atoms with Gasteiger partial charge in [0, 0.05) is 67.0 Å². The monoisotopic (exact) mass is 1420 g/mol. The average Bonchev–Trinajstić information content (AvgIpc) is 1.08. The molecule has 0 atom stereocenters. The number of anilines is 6. The molecule has 0 bridgehead atoms. The summed E-state index contributed by atoms with van der Waals surface area (Å²) in [6, 6.07) is 102. The summed E-state index contributed by atoms with van der Waals surface area (Å²) in [5.74, 6) is -0.117. The quantitative estimate of drug-likeness (QED) is 0.149. The summed E-state index contributed by atoms with van der Waals surface area (Å²) >= 11 is 0. The number of rotatable bonds is 7. The number of hydrogen-bond donors (Lipinski definition) is 0. The van der Waals surface area contributed by atoms with Crippen molar-refractivity contribution in [1.82, 2.24) is 4.57 Å². The fourth-order valence-corrected chi connectivity index (χ4v) is 18.4. The topological polar surface area (TPSA) is 24.6 Å². The standard InChI is InChI=1S/C104H100BN3O/c1-99(2,3)69-47-42-63(43-48-69)80-58-71(101(7,8)9)60-82(103(13,14)15)97(80)107-88-53-46-67(76-37-29-41-93-95(76)79-36-25-28-40-92(79)109-93)55-85(88)105-84-52-51-73(106-86-38-26-23-34-77(86)78-35-24-27-39-87(78)106)62-89(84)108(91-57-68(56-90(107)96(91)105)94-74-32-21-19-30-65(74)54-66-31-20-22-33-75(66)94)98-81(64-44-49-70(50-45-64)100(4,5)6)59-72(102(10,11)12)61-83(98)104(16,17)18/h19-53,55-62,94H,54H2,1-18H3. The van der Waals surface area contributed by atoms with E-state index in [-0.39, 0.29) is 45.1 Å².